The molecule has 0 amide bonds. The lowest BCUT2D eigenvalue weighted by atomic mass is 9.91. The summed E-state index contributed by atoms with van der Waals surface area (Å²) in [5, 5.41) is 8.69. The van der Waals surface area contributed by atoms with Crippen LogP contribution in [0.5, 0.6) is 0 Å². The van der Waals surface area contributed by atoms with E-state index in [1.165, 1.54) is 32.1 Å². The molecule has 0 saturated heterocycles. The van der Waals surface area contributed by atoms with E-state index in [0.717, 1.165) is 18.8 Å². The fourth-order valence-electron chi connectivity index (χ4n) is 2.05. The number of rotatable bonds is 10. The molecule has 2 heteroatoms. The smallest absolute Gasteiger partial charge is 0.330 e. The van der Waals surface area contributed by atoms with E-state index in [0.29, 0.717) is 12.0 Å². The predicted octanol–water partition coefficient (Wildman–Crippen LogP) is 4.40. The van der Waals surface area contributed by atoms with Gasteiger partial charge in [-0.2, -0.15) is 0 Å². The van der Waals surface area contributed by atoms with Crippen molar-refractivity contribution in [1.29, 1.82) is 0 Å². The summed E-state index contributed by atoms with van der Waals surface area (Å²) in [6.07, 6.45) is 9.12. The van der Waals surface area contributed by atoms with Gasteiger partial charge in [-0.1, -0.05) is 59.0 Å². The van der Waals surface area contributed by atoms with Gasteiger partial charge in [0.1, 0.15) is 0 Å². The van der Waals surface area contributed by atoms with Gasteiger partial charge < -0.3 is 5.11 Å². The van der Waals surface area contributed by atoms with Crippen molar-refractivity contribution in [2.24, 2.45) is 5.92 Å². The molecular weight excluding hydrogens is 200 g/mol. The van der Waals surface area contributed by atoms with Crippen molar-refractivity contribution in [3.05, 3.63) is 12.2 Å². The monoisotopic (exact) mass is 226 g/mol. The Hall–Kier alpha value is -0.790. The highest BCUT2D eigenvalue weighted by atomic mass is 16.4. The molecule has 0 fully saturated rings. The Morgan fingerprint density at radius 1 is 1.12 bits per heavy atom. The van der Waals surface area contributed by atoms with Gasteiger partial charge in [0.2, 0.25) is 0 Å². The number of hydrogen-bond acceptors (Lipinski definition) is 1. The fourth-order valence-corrected chi connectivity index (χ4v) is 2.05. The average Bonchev–Trinajstić information content (AvgIpc) is 2.25. The lowest BCUT2D eigenvalue weighted by Crippen LogP contribution is -2.03. The minimum absolute atomic E-state index is 0.353. The van der Waals surface area contributed by atoms with E-state index in [4.69, 9.17) is 5.11 Å². The summed E-state index contributed by atoms with van der Waals surface area (Å²) in [4.78, 5) is 10.6. The van der Waals surface area contributed by atoms with Crippen molar-refractivity contribution >= 4 is 5.97 Å². The molecular formula is C14H26O2. The van der Waals surface area contributed by atoms with E-state index in [-0.39, 0.29) is 0 Å². The average molecular weight is 226 g/mol. The van der Waals surface area contributed by atoms with Gasteiger partial charge in [0.25, 0.3) is 0 Å². The minimum Gasteiger partial charge on any atom is -0.478 e. The van der Waals surface area contributed by atoms with Gasteiger partial charge in [-0.05, 0) is 18.8 Å². The Kier molecular flexibility index (Phi) is 8.97. The van der Waals surface area contributed by atoms with Crippen LogP contribution in [0.25, 0.3) is 0 Å². The third-order valence-electron chi connectivity index (χ3n) is 3.06. The molecule has 0 aromatic carbocycles. The summed E-state index contributed by atoms with van der Waals surface area (Å²) in [5.74, 6) is -0.0628. The standard InChI is InChI=1S/C14H26O2/c1-4-6-10-13(8-5-2)11-7-9-12(3)14(15)16/h13H,3-11H2,1-2H3,(H,15,16). The van der Waals surface area contributed by atoms with Crippen molar-refractivity contribution in [2.45, 2.75) is 65.2 Å². The first-order chi connectivity index (χ1) is 7.61. The molecule has 1 unspecified atom stereocenters. The molecule has 0 aliphatic carbocycles. The Morgan fingerprint density at radius 2 is 1.75 bits per heavy atom. The Bertz CT molecular complexity index is 209. The number of aliphatic carboxylic acids is 1. The third kappa shape index (κ3) is 7.49. The topological polar surface area (TPSA) is 37.3 Å². The molecule has 0 aliphatic rings. The van der Waals surface area contributed by atoms with Crippen LogP contribution < -0.4 is 0 Å². The molecule has 94 valence electrons. The van der Waals surface area contributed by atoms with Crippen LogP contribution in [0.3, 0.4) is 0 Å². The number of carbonyl (C=O) groups is 1. The maximum atomic E-state index is 10.6. The van der Waals surface area contributed by atoms with Gasteiger partial charge >= 0.3 is 5.97 Å². The van der Waals surface area contributed by atoms with Crippen LogP contribution >= 0.6 is 0 Å². The van der Waals surface area contributed by atoms with E-state index in [2.05, 4.69) is 20.4 Å². The summed E-state index contributed by atoms with van der Waals surface area (Å²) in [7, 11) is 0. The first-order valence-electron chi connectivity index (χ1n) is 6.52. The molecule has 0 heterocycles. The van der Waals surface area contributed by atoms with Crippen molar-refractivity contribution in [1.82, 2.24) is 0 Å². The van der Waals surface area contributed by atoms with Gasteiger partial charge in [-0.15, -0.1) is 0 Å². The molecule has 0 bridgehead atoms. The van der Waals surface area contributed by atoms with Gasteiger partial charge in [0.15, 0.2) is 0 Å². The van der Waals surface area contributed by atoms with Crippen LogP contribution in [0.15, 0.2) is 12.2 Å². The van der Waals surface area contributed by atoms with E-state index < -0.39 is 5.97 Å². The molecule has 0 saturated carbocycles. The second kappa shape index (κ2) is 9.44. The molecule has 2 nitrogen and oxygen atoms in total. The third-order valence-corrected chi connectivity index (χ3v) is 3.06. The molecule has 0 aromatic rings. The molecule has 1 N–H and O–H groups in total. The van der Waals surface area contributed by atoms with Crippen LogP contribution in [0.1, 0.15) is 65.2 Å². The van der Waals surface area contributed by atoms with Gasteiger partial charge in [0, 0.05) is 5.57 Å². The maximum Gasteiger partial charge on any atom is 0.330 e. The van der Waals surface area contributed by atoms with Gasteiger partial charge in [-0.3, -0.25) is 0 Å². The van der Waals surface area contributed by atoms with Gasteiger partial charge in [0.05, 0.1) is 0 Å². The molecule has 0 radical (unpaired) electrons. The second-order valence-corrected chi connectivity index (χ2v) is 4.60. The predicted molar refractivity (Wildman–Crippen MR) is 68.5 cm³/mol. The zero-order valence-electron chi connectivity index (χ0n) is 10.8. The largest absolute Gasteiger partial charge is 0.478 e. The number of unbranched alkanes of at least 4 members (excludes halogenated alkanes) is 1. The highest BCUT2D eigenvalue weighted by Gasteiger charge is 2.09. The van der Waals surface area contributed by atoms with Crippen LogP contribution in [0.2, 0.25) is 0 Å². The fraction of sp³-hybridized carbons (Fsp3) is 0.786. The first kappa shape index (κ1) is 15.2. The molecule has 0 aromatic heterocycles. The highest BCUT2D eigenvalue weighted by Crippen LogP contribution is 2.22. The Labute approximate surface area is 99.7 Å². The summed E-state index contributed by atoms with van der Waals surface area (Å²) >= 11 is 0. The van der Waals surface area contributed by atoms with Crippen molar-refractivity contribution in [3.8, 4) is 0 Å². The minimum atomic E-state index is -0.847. The van der Waals surface area contributed by atoms with Crippen LogP contribution in [0.4, 0.5) is 0 Å². The summed E-state index contributed by atoms with van der Waals surface area (Å²) in [6.45, 7) is 7.99. The lowest BCUT2D eigenvalue weighted by molar-refractivity contribution is -0.132. The quantitative estimate of drug-likeness (QED) is 0.560. The molecule has 0 spiro atoms. The van der Waals surface area contributed by atoms with Gasteiger partial charge in [-0.25, -0.2) is 4.79 Å². The number of hydrogen-bond donors (Lipinski definition) is 1. The van der Waals surface area contributed by atoms with Crippen molar-refractivity contribution < 1.29 is 9.90 Å². The van der Waals surface area contributed by atoms with E-state index in [1.807, 2.05) is 0 Å². The highest BCUT2D eigenvalue weighted by molar-refractivity contribution is 5.85. The summed E-state index contributed by atoms with van der Waals surface area (Å²) in [5.41, 5.74) is 0.353. The van der Waals surface area contributed by atoms with E-state index in [9.17, 15) is 4.79 Å². The molecule has 0 rings (SSSR count). The van der Waals surface area contributed by atoms with Crippen LogP contribution in [0, 0.1) is 5.92 Å². The normalized spacial score (nSPS) is 12.4. The van der Waals surface area contributed by atoms with Crippen molar-refractivity contribution in [2.75, 3.05) is 0 Å². The lowest BCUT2D eigenvalue weighted by Gasteiger charge is -2.15. The maximum absolute atomic E-state index is 10.6. The van der Waals surface area contributed by atoms with E-state index in [1.54, 1.807) is 0 Å². The second-order valence-electron chi connectivity index (χ2n) is 4.60. The zero-order chi connectivity index (χ0) is 12.4. The zero-order valence-corrected chi connectivity index (χ0v) is 10.8. The van der Waals surface area contributed by atoms with E-state index >= 15 is 0 Å². The molecule has 0 aliphatic heterocycles. The van der Waals surface area contributed by atoms with Crippen molar-refractivity contribution in [3.63, 3.8) is 0 Å². The Morgan fingerprint density at radius 3 is 2.25 bits per heavy atom. The SMILES string of the molecule is C=C(CCCC(CCC)CCCC)C(=O)O. The van der Waals surface area contributed by atoms with Crippen LogP contribution in [-0.2, 0) is 4.79 Å². The summed E-state index contributed by atoms with van der Waals surface area (Å²) < 4.78 is 0. The number of carboxylic acids is 1. The molecule has 16 heavy (non-hydrogen) atoms. The molecule has 1 atom stereocenters. The first-order valence-corrected chi connectivity index (χ1v) is 6.52. The van der Waals surface area contributed by atoms with Crippen LogP contribution in [-0.4, -0.2) is 11.1 Å². The summed E-state index contributed by atoms with van der Waals surface area (Å²) in [6, 6.07) is 0. The Balaban J connectivity index is 3.74. The number of carboxylic acid groups (broad SMARTS) is 1.